The average Bonchev–Trinajstić information content (AvgIpc) is 2.36. The smallest absolute Gasteiger partial charge is 0.338 e. The van der Waals surface area contributed by atoms with Gasteiger partial charge in [0.25, 0.3) is 5.69 Å². The molecule has 0 saturated heterocycles. The van der Waals surface area contributed by atoms with Crippen molar-refractivity contribution in [3.05, 3.63) is 39.4 Å². The monoisotopic (exact) mass is 248 g/mol. The summed E-state index contributed by atoms with van der Waals surface area (Å²) >= 11 is 0. The van der Waals surface area contributed by atoms with Crippen molar-refractivity contribution in [3.63, 3.8) is 0 Å². The molecule has 0 saturated carbocycles. The molecule has 0 heterocycles. The Kier molecular flexibility index (Phi) is 4.81. The summed E-state index contributed by atoms with van der Waals surface area (Å²) in [6.07, 6.45) is 0.472. The lowest BCUT2D eigenvalue weighted by atomic mass is 10.0. The van der Waals surface area contributed by atoms with Gasteiger partial charge in [0, 0.05) is 18.6 Å². The van der Waals surface area contributed by atoms with Gasteiger partial charge in [0.2, 0.25) is 0 Å². The Hall–Kier alpha value is -2.42. The van der Waals surface area contributed by atoms with Gasteiger partial charge >= 0.3 is 5.97 Å². The van der Waals surface area contributed by atoms with E-state index in [1.807, 2.05) is 6.07 Å². The molecule has 0 aromatic heterocycles. The lowest BCUT2D eigenvalue weighted by molar-refractivity contribution is -0.384. The van der Waals surface area contributed by atoms with Crippen molar-refractivity contribution in [1.82, 2.24) is 0 Å². The van der Waals surface area contributed by atoms with Gasteiger partial charge in [0.1, 0.15) is 0 Å². The maximum atomic E-state index is 11.6. The minimum absolute atomic E-state index is 0.101. The number of carbonyl (C=O) groups excluding carboxylic acids is 1. The van der Waals surface area contributed by atoms with E-state index in [9.17, 15) is 14.9 Å². The lowest BCUT2D eigenvalue weighted by Gasteiger charge is -2.07. The fourth-order valence-corrected chi connectivity index (χ4v) is 1.50. The zero-order valence-electron chi connectivity index (χ0n) is 9.88. The van der Waals surface area contributed by atoms with E-state index in [1.165, 1.54) is 18.2 Å². The molecule has 0 aliphatic rings. The highest BCUT2D eigenvalue weighted by molar-refractivity contribution is 5.91. The van der Waals surface area contributed by atoms with Crippen LogP contribution in [-0.2, 0) is 11.2 Å². The van der Waals surface area contributed by atoms with Gasteiger partial charge in [-0.1, -0.05) is 0 Å². The molecular formula is C12H12N2O4. The first-order valence-electron chi connectivity index (χ1n) is 5.41. The minimum atomic E-state index is -0.537. The van der Waals surface area contributed by atoms with Gasteiger partial charge in [0.15, 0.2) is 0 Å². The Bertz CT molecular complexity index is 505. The molecule has 0 aliphatic carbocycles. The largest absolute Gasteiger partial charge is 0.462 e. The number of nitrogens with zero attached hydrogens (tertiary/aromatic N) is 2. The van der Waals surface area contributed by atoms with Gasteiger partial charge in [-0.3, -0.25) is 10.1 Å². The molecule has 0 radical (unpaired) electrons. The maximum absolute atomic E-state index is 11.6. The molecule has 0 N–H and O–H groups in total. The predicted molar refractivity (Wildman–Crippen MR) is 63.0 cm³/mol. The van der Waals surface area contributed by atoms with Crippen LogP contribution >= 0.6 is 0 Å². The third kappa shape index (κ3) is 3.28. The van der Waals surface area contributed by atoms with Crippen molar-refractivity contribution in [2.45, 2.75) is 19.8 Å². The molecule has 0 spiro atoms. The second-order valence-corrected chi connectivity index (χ2v) is 3.48. The van der Waals surface area contributed by atoms with Crippen LogP contribution in [0.1, 0.15) is 29.3 Å². The van der Waals surface area contributed by atoms with Crippen LogP contribution in [0.3, 0.4) is 0 Å². The number of rotatable bonds is 5. The third-order valence-electron chi connectivity index (χ3n) is 2.30. The SMILES string of the molecule is CCOC(=O)c1ccc([N+](=O)[O-])cc1CCC#N. The van der Waals surface area contributed by atoms with Crippen LogP contribution in [0.15, 0.2) is 18.2 Å². The highest BCUT2D eigenvalue weighted by Gasteiger charge is 2.16. The van der Waals surface area contributed by atoms with Gasteiger partial charge < -0.3 is 4.74 Å². The Morgan fingerprint density at radius 2 is 2.28 bits per heavy atom. The summed E-state index contributed by atoms with van der Waals surface area (Å²) in [6, 6.07) is 5.87. The zero-order chi connectivity index (χ0) is 13.5. The maximum Gasteiger partial charge on any atom is 0.338 e. The average molecular weight is 248 g/mol. The quantitative estimate of drug-likeness (QED) is 0.452. The van der Waals surface area contributed by atoms with Crippen LogP contribution in [0.5, 0.6) is 0 Å². The third-order valence-corrected chi connectivity index (χ3v) is 2.30. The molecule has 6 heteroatoms. The van der Waals surface area contributed by atoms with Crippen LogP contribution in [-0.4, -0.2) is 17.5 Å². The standard InChI is InChI=1S/C12H12N2O4/c1-2-18-12(15)11-6-5-10(14(16)17)8-9(11)4-3-7-13/h5-6,8H,2-4H2,1H3. The Morgan fingerprint density at radius 1 is 1.56 bits per heavy atom. The van der Waals surface area contributed by atoms with Crippen LogP contribution in [0.25, 0.3) is 0 Å². The Labute approximate surface area is 104 Å². The number of hydrogen-bond donors (Lipinski definition) is 0. The molecule has 6 nitrogen and oxygen atoms in total. The summed E-state index contributed by atoms with van der Waals surface area (Å²) in [7, 11) is 0. The van der Waals surface area contributed by atoms with Crippen molar-refractivity contribution in [1.29, 1.82) is 5.26 Å². The molecule has 1 rings (SSSR count). The van der Waals surface area contributed by atoms with Crippen LogP contribution in [0.2, 0.25) is 0 Å². The van der Waals surface area contributed by atoms with E-state index in [4.69, 9.17) is 10.00 Å². The van der Waals surface area contributed by atoms with E-state index < -0.39 is 10.9 Å². The summed E-state index contributed by atoms with van der Waals surface area (Å²) in [5.41, 5.74) is 0.637. The zero-order valence-corrected chi connectivity index (χ0v) is 9.88. The molecule has 94 valence electrons. The fourth-order valence-electron chi connectivity index (χ4n) is 1.50. The van der Waals surface area contributed by atoms with Gasteiger partial charge in [-0.25, -0.2) is 4.79 Å². The van der Waals surface area contributed by atoms with E-state index in [0.29, 0.717) is 5.56 Å². The van der Waals surface area contributed by atoms with Gasteiger partial charge in [-0.05, 0) is 25.0 Å². The van der Waals surface area contributed by atoms with E-state index in [1.54, 1.807) is 6.92 Å². The number of hydrogen-bond acceptors (Lipinski definition) is 5. The number of carbonyl (C=O) groups is 1. The number of non-ortho nitro benzene ring substituents is 1. The number of ether oxygens (including phenoxy) is 1. The Morgan fingerprint density at radius 3 is 2.83 bits per heavy atom. The van der Waals surface area contributed by atoms with Crippen molar-refractivity contribution < 1.29 is 14.5 Å². The predicted octanol–water partition coefficient (Wildman–Crippen LogP) is 2.23. The highest BCUT2D eigenvalue weighted by Crippen LogP contribution is 2.20. The highest BCUT2D eigenvalue weighted by atomic mass is 16.6. The second-order valence-electron chi connectivity index (χ2n) is 3.48. The fraction of sp³-hybridized carbons (Fsp3) is 0.333. The van der Waals surface area contributed by atoms with Crippen LogP contribution in [0.4, 0.5) is 5.69 Å². The molecule has 18 heavy (non-hydrogen) atoms. The van der Waals surface area contributed by atoms with Crippen molar-refractivity contribution in [2.75, 3.05) is 6.61 Å². The first-order chi connectivity index (χ1) is 8.60. The molecule has 0 aliphatic heterocycles. The van der Waals surface area contributed by atoms with E-state index in [-0.39, 0.29) is 30.7 Å². The molecule has 0 amide bonds. The molecule has 0 fully saturated rings. The summed E-state index contributed by atoms with van der Waals surface area (Å²) in [5, 5.41) is 19.2. The van der Waals surface area contributed by atoms with Gasteiger partial charge in [-0.15, -0.1) is 0 Å². The van der Waals surface area contributed by atoms with E-state index in [0.717, 1.165) is 0 Å². The molecular weight excluding hydrogens is 236 g/mol. The van der Waals surface area contributed by atoms with Crippen LogP contribution < -0.4 is 0 Å². The summed E-state index contributed by atoms with van der Waals surface area (Å²) in [5.74, 6) is -0.527. The molecule has 0 bridgehead atoms. The molecule has 1 aromatic carbocycles. The number of nitro groups is 1. The second kappa shape index (κ2) is 6.35. The number of aryl methyl sites for hydroxylation is 1. The number of benzene rings is 1. The molecule has 0 atom stereocenters. The topological polar surface area (TPSA) is 93.2 Å². The number of nitriles is 1. The van der Waals surface area contributed by atoms with Crippen LogP contribution in [0, 0.1) is 21.4 Å². The van der Waals surface area contributed by atoms with Crippen molar-refractivity contribution >= 4 is 11.7 Å². The molecule has 1 aromatic rings. The summed E-state index contributed by atoms with van der Waals surface area (Å²) < 4.78 is 4.86. The number of esters is 1. The first kappa shape index (κ1) is 13.6. The lowest BCUT2D eigenvalue weighted by Crippen LogP contribution is -2.08. The number of nitro benzene ring substituents is 1. The van der Waals surface area contributed by atoms with Gasteiger partial charge in [0.05, 0.1) is 23.2 Å². The first-order valence-corrected chi connectivity index (χ1v) is 5.41. The summed E-state index contributed by atoms with van der Waals surface area (Å²) in [4.78, 5) is 21.8. The van der Waals surface area contributed by atoms with Gasteiger partial charge in [-0.2, -0.15) is 5.26 Å². The van der Waals surface area contributed by atoms with E-state index in [2.05, 4.69) is 0 Å². The van der Waals surface area contributed by atoms with Crippen molar-refractivity contribution in [2.24, 2.45) is 0 Å². The normalized spacial score (nSPS) is 9.56. The van der Waals surface area contributed by atoms with E-state index >= 15 is 0 Å². The molecule has 0 unspecified atom stereocenters. The minimum Gasteiger partial charge on any atom is -0.462 e. The Balaban J connectivity index is 3.12. The summed E-state index contributed by atoms with van der Waals surface area (Å²) in [6.45, 7) is 1.91. The van der Waals surface area contributed by atoms with Crippen molar-refractivity contribution in [3.8, 4) is 6.07 Å².